The van der Waals surface area contributed by atoms with Gasteiger partial charge in [0.2, 0.25) is 0 Å². The van der Waals surface area contributed by atoms with Crippen LogP contribution in [0.25, 0.3) is 0 Å². The summed E-state index contributed by atoms with van der Waals surface area (Å²) in [5, 5.41) is 10.2. The Morgan fingerprint density at radius 1 is 1.75 bits per heavy atom. The second kappa shape index (κ2) is 5.91. The minimum absolute atomic E-state index is 0.242. The molecule has 0 saturated carbocycles. The molecule has 0 aromatic carbocycles. The van der Waals surface area contributed by atoms with Crippen molar-refractivity contribution in [1.29, 1.82) is 0 Å². The molecule has 0 bridgehead atoms. The summed E-state index contributed by atoms with van der Waals surface area (Å²) in [6, 6.07) is 0.410. The van der Waals surface area contributed by atoms with Gasteiger partial charge >= 0.3 is 0 Å². The molecule has 1 N–H and O–H groups in total. The number of carbonyl (C=O) groups excluding carboxylic acids is 1. The number of hydrogen-bond donors (Lipinski definition) is 1. The fraction of sp³-hybridized carbons (Fsp3) is 0.400. The molecule has 0 radical (unpaired) electrons. The van der Waals surface area contributed by atoms with Gasteiger partial charge in [-0.15, -0.1) is 0 Å². The van der Waals surface area contributed by atoms with Gasteiger partial charge in [0.05, 0.1) is 0 Å². The number of nitrogens with zero attached hydrogens (tertiary/aromatic N) is 2. The molecule has 4 nitrogen and oxygen atoms in total. The largest absolute Gasteiger partial charge is 0.301 e. The maximum absolute atomic E-state index is 13.4. The number of hydroxylamine groups is 1. The number of rotatable bonds is 5. The molecule has 16 heavy (non-hydrogen) atoms. The van der Waals surface area contributed by atoms with Gasteiger partial charge in [0, 0.05) is 10.7 Å². The fourth-order valence-electron chi connectivity index (χ4n) is 1.28. The number of aromatic nitrogens is 1. The zero-order valence-corrected chi connectivity index (χ0v) is 10.3. The molecular formula is C10H12BrFN2O2. The Bertz CT molecular complexity index is 376. The summed E-state index contributed by atoms with van der Waals surface area (Å²) in [4.78, 5) is 14.5. The Labute approximate surface area is 101 Å². The highest BCUT2D eigenvalue weighted by Gasteiger charge is 2.20. The quantitative estimate of drug-likeness (QED) is 0.669. The highest BCUT2D eigenvalue weighted by atomic mass is 79.9. The van der Waals surface area contributed by atoms with E-state index < -0.39 is 11.9 Å². The summed E-state index contributed by atoms with van der Waals surface area (Å²) in [6.07, 6.45) is 3.08. The van der Waals surface area contributed by atoms with Gasteiger partial charge in [-0.3, -0.25) is 5.21 Å². The topological polar surface area (TPSA) is 53.4 Å². The number of halogens is 2. The maximum atomic E-state index is 13.4. The molecule has 88 valence electrons. The average molecular weight is 291 g/mol. The van der Waals surface area contributed by atoms with Gasteiger partial charge in [-0.2, -0.15) is 0 Å². The molecule has 0 aliphatic heterocycles. The van der Waals surface area contributed by atoms with Crippen molar-refractivity contribution in [2.24, 2.45) is 0 Å². The number of carbonyl (C=O) groups is 1. The molecule has 1 rings (SSSR count). The van der Waals surface area contributed by atoms with Crippen LogP contribution in [0.3, 0.4) is 0 Å². The number of hydrogen-bond acceptors (Lipinski definition) is 4. The average Bonchev–Trinajstić information content (AvgIpc) is 2.25. The van der Waals surface area contributed by atoms with Crippen molar-refractivity contribution in [3.8, 4) is 0 Å². The second-order valence-corrected chi connectivity index (χ2v) is 4.21. The van der Waals surface area contributed by atoms with Crippen LogP contribution in [0.4, 0.5) is 10.2 Å². The van der Waals surface area contributed by atoms with E-state index in [0.717, 1.165) is 0 Å². The molecule has 1 heterocycles. The standard InChI is InChI=1S/C10H12BrFN2O2/c1-2-3-8(6-15)14(16)10-9(12)4-7(11)5-13-10/h4-6,8,16H,2-3H2,1H3. The fourth-order valence-corrected chi connectivity index (χ4v) is 1.58. The Hall–Kier alpha value is -1.01. The first-order valence-corrected chi connectivity index (χ1v) is 5.63. The highest BCUT2D eigenvalue weighted by molar-refractivity contribution is 9.10. The molecule has 1 aromatic heterocycles. The van der Waals surface area contributed by atoms with Crippen LogP contribution in [0.15, 0.2) is 16.7 Å². The van der Waals surface area contributed by atoms with Crippen LogP contribution < -0.4 is 5.06 Å². The molecule has 1 atom stereocenters. The lowest BCUT2D eigenvalue weighted by Gasteiger charge is -2.22. The van der Waals surface area contributed by atoms with Crippen LogP contribution in [0, 0.1) is 5.82 Å². The Morgan fingerprint density at radius 2 is 2.44 bits per heavy atom. The molecule has 1 aromatic rings. The summed E-state index contributed by atoms with van der Waals surface area (Å²) in [6.45, 7) is 1.87. The summed E-state index contributed by atoms with van der Waals surface area (Å²) < 4.78 is 13.9. The molecule has 0 spiro atoms. The molecule has 0 aliphatic carbocycles. The zero-order chi connectivity index (χ0) is 12.1. The lowest BCUT2D eigenvalue weighted by atomic mass is 10.2. The minimum atomic E-state index is -0.770. The minimum Gasteiger partial charge on any atom is -0.301 e. The predicted octanol–water partition coefficient (Wildman–Crippen LogP) is 2.55. The number of anilines is 1. The third kappa shape index (κ3) is 2.99. The molecule has 0 amide bonds. The predicted molar refractivity (Wildman–Crippen MR) is 60.9 cm³/mol. The first-order valence-electron chi connectivity index (χ1n) is 4.84. The van der Waals surface area contributed by atoms with E-state index in [1.807, 2.05) is 6.92 Å². The van der Waals surface area contributed by atoms with Crippen LogP contribution >= 0.6 is 15.9 Å². The van der Waals surface area contributed by atoms with E-state index in [-0.39, 0.29) is 5.82 Å². The Balaban J connectivity index is 2.93. The van der Waals surface area contributed by atoms with Crippen molar-refractivity contribution in [1.82, 2.24) is 4.98 Å². The van der Waals surface area contributed by atoms with Gasteiger partial charge in [0.15, 0.2) is 11.6 Å². The zero-order valence-electron chi connectivity index (χ0n) is 8.73. The van der Waals surface area contributed by atoms with Gasteiger partial charge in [-0.05, 0) is 28.4 Å². The second-order valence-electron chi connectivity index (χ2n) is 3.30. The molecule has 1 unspecified atom stereocenters. The van der Waals surface area contributed by atoms with E-state index in [0.29, 0.717) is 28.7 Å². The normalized spacial score (nSPS) is 12.2. The van der Waals surface area contributed by atoms with Gasteiger partial charge < -0.3 is 4.79 Å². The summed E-state index contributed by atoms with van der Waals surface area (Å²) in [5.41, 5.74) is 0. The Morgan fingerprint density at radius 3 is 2.94 bits per heavy atom. The van der Waals surface area contributed by atoms with Crippen molar-refractivity contribution in [2.75, 3.05) is 5.06 Å². The van der Waals surface area contributed by atoms with Crippen LogP contribution in [0.5, 0.6) is 0 Å². The van der Waals surface area contributed by atoms with E-state index in [4.69, 9.17) is 0 Å². The van der Waals surface area contributed by atoms with Crippen molar-refractivity contribution < 1.29 is 14.4 Å². The smallest absolute Gasteiger partial charge is 0.189 e. The van der Waals surface area contributed by atoms with Crippen molar-refractivity contribution in [2.45, 2.75) is 25.8 Å². The van der Waals surface area contributed by atoms with E-state index in [1.165, 1.54) is 12.3 Å². The van der Waals surface area contributed by atoms with Gasteiger partial charge in [-0.1, -0.05) is 13.3 Å². The van der Waals surface area contributed by atoms with Crippen LogP contribution in [0.2, 0.25) is 0 Å². The highest BCUT2D eigenvalue weighted by Crippen LogP contribution is 2.21. The molecular weight excluding hydrogens is 279 g/mol. The summed E-state index contributed by atoms with van der Waals surface area (Å²) >= 11 is 3.06. The van der Waals surface area contributed by atoms with E-state index in [2.05, 4.69) is 20.9 Å². The van der Waals surface area contributed by atoms with Gasteiger partial charge in [-0.25, -0.2) is 14.4 Å². The summed E-state index contributed by atoms with van der Waals surface area (Å²) in [5.74, 6) is -0.923. The number of pyridine rings is 1. The Kier molecular flexibility index (Phi) is 4.82. The van der Waals surface area contributed by atoms with Gasteiger partial charge in [0.25, 0.3) is 0 Å². The van der Waals surface area contributed by atoms with E-state index in [1.54, 1.807) is 0 Å². The SMILES string of the molecule is CCCC(C=O)N(O)c1ncc(Br)cc1F. The van der Waals surface area contributed by atoms with Crippen molar-refractivity contribution in [3.05, 3.63) is 22.6 Å². The van der Waals surface area contributed by atoms with Crippen LogP contribution in [0.1, 0.15) is 19.8 Å². The number of aldehydes is 1. The lowest BCUT2D eigenvalue weighted by Crippen LogP contribution is -2.34. The monoisotopic (exact) mass is 290 g/mol. The van der Waals surface area contributed by atoms with Crippen molar-refractivity contribution in [3.63, 3.8) is 0 Å². The van der Waals surface area contributed by atoms with E-state index in [9.17, 15) is 14.4 Å². The maximum Gasteiger partial charge on any atom is 0.189 e. The third-order valence-corrected chi connectivity index (χ3v) is 2.49. The first kappa shape index (κ1) is 13.1. The lowest BCUT2D eigenvalue weighted by molar-refractivity contribution is -0.110. The van der Waals surface area contributed by atoms with Crippen LogP contribution in [-0.2, 0) is 4.79 Å². The molecule has 0 saturated heterocycles. The van der Waals surface area contributed by atoms with E-state index >= 15 is 0 Å². The molecule has 0 fully saturated rings. The first-order chi connectivity index (χ1) is 7.60. The van der Waals surface area contributed by atoms with Crippen molar-refractivity contribution >= 4 is 28.0 Å². The summed E-state index contributed by atoms with van der Waals surface area (Å²) in [7, 11) is 0. The molecule has 6 heteroatoms. The van der Waals surface area contributed by atoms with Gasteiger partial charge in [0.1, 0.15) is 12.3 Å². The molecule has 0 aliphatic rings. The van der Waals surface area contributed by atoms with Crippen LogP contribution in [-0.4, -0.2) is 22.5 Å². The third-order valence-electron chi connectivity index (χ3n) is 2.06.